The van der Waals surface area contributed by atoms with E-state index in [1.165, 1.54) is 5.56 Å². The number of rotatable bonds is 9. The zero-order valence-electron chi connectivity index (χ0n) is 17.8. The summed E-state index contributed by atoms with van der Waals surface area (Å²) in [6.45, 7) is 8.60. The molecule has 2 aromatic heterocycles. The molecule has 27 heavy (non-hydrogen) atoms. The van der Waals surface area contributed by atoms with Gasteiger partial charge in [-0.05, 0) is 37.3 Å². The van der Waals surface area contributed by atoms with Crippen LogP contribution in [-0.2, 0) is 12.8 Å². The van der Waals surface area contributed by atoms with Gasteiger partial charge in [0.1, 0.15) is 11.5 Å². The topological polar surface area (TPSA) is 63.2 Å². The average molecular weight is 372 g/mol. The number of aryl methyl sites for hydroxylation is 2. The van der Waals surface area contributed by atoms with E-state index < -0.39 is 0 Å². The molecule has 0 amide bonds. The Labute approximate surface area is 163 Å². The quantitative estimate of drug-likeness (QED) is 0.707. The van der Waals surface area contributed by atoms with Crippen molar-refractivity contribution in [3.8, 4) is 17.1 Å². The summed E-state index contributed by atoms with van der Waals surface area (Å²) in [6, 6.07) is 2.49. The van der Waals surface area contributed by atoms with Crippen LogP contribution in [0.2, 0.25) is 0 Å². The lowest BCUT2D eigenvalue weighted by atomic mass is 10.0. The van der Waals surface area contributed by atoms with Gasteiger partial charge in [-0.25, -0.2) is 9.97 Å². The van der Waals surface area contributed by atoms with Crippen molar-refractivity contribution in [2.45, 2.75) is 59.4 Å². The zero-order chi connectivity index (χ0) is 20.0. The molecule has 1 N–H and O–H groups in total. The van der Waals surface area contributed by atoms with Crippen LogP contribution >= 0.6 is 0 Å². The molecule has 0 unspecified atom stereocenters. The molecule has 0 aromatic carbocycles. The second kappa shape index (κ2) is 9.53. The number of hydrogen-bond donors (Lipinski definition) is 1. The Morgan fingerprint density at radius 2 is 1.78 bits per heavy atom. The Hall–Kier alpha value is -2.37. The first kappa shape index (κ1) is 20.9. The molecule has 2 heterocycles. The van der Waals surface area contributed by atoms with Crippen LogP contribution in [0.25, 0.3) is 11.3 Å². The molecule has 6 heteroatoms. The van der Waals surface area contributed by atoms with Crippen molar-refractivity contribution in [1.82, 2.24) is 15.0 Å². The first-order chi connectivity index (χ1) is 13.0. The predicted molar refractivity (Wildman–Crippen MR) is 113 cm³/mol. The van der Waals surface area contributed by atoms with E-state index in [9.17, 15) is 0 Å². The van der Waals surface area contributed by atoms with E-state index in [2.05, 4.69) is 44.1 Å². The summed E-state index contributed by atoms with van der Waals surface area (Å²) in [5.74, 6) is 2.29. The van der Waals surface area contributed by atoms with Gasteiger partial charge in [0, 0.05) is 31.9 Å². The second-order valence-corrected chi connectivity index (χ2v) is 6.84. The van der Waals surface area contributed by atoms with Gasteiger partial charge >= 0.3 is 0 Å². The summed E-state index contributed by atoms with van der Waals surface area (Å²) in [5, 5.41) is 3.53. The lowest BCUT2D eigenvalue weighted by molar-refractivity contribution is 0.397. The van der Waals surface area contributed by atoms with E-state index in [1.54, 1.807) is 7.11 Å². The van der Waals surface area contributed by atoms with Crippen LogP contribution in [0.3, 0.4) is 0 Å². The molecule has 0 saturated heterocycles. The molecule has 2 rings (SSSR count). The number of nitrogens with one attached hydrogen (secondary N) is 1. The summed E-state index contributed by atoms with van der Waals surface area (Å²) in [6.07, 6.45) is 5.66. The summed E-state index contributed by atoms with van der Waals surface area (Å²) in [4.78, 5) is 16.3. The molecule has 148 valence electrons. The first-order valence-corrected chi connectivity index (χ1v) is 9.86. The fourth-order valence-corrected chi connectivity index (χ4v) is 3.06. The van der Waals surface area contributed by atoms with Gasteiger partial charge in [-0.15, -0.1) is 0 Å². The van der Waals surface area contributed by atoms with Crippen LogP contribution in [0.5, 0.6) is 5.88 Å². The number of nitrogens with zero attached hydrogens (tertiary/aromatic N) is 4. The highest BCUT2D eigenvalue weighted by atomic mass is 16.5. The van der Waals surface area contributed by atoms with Crippen molar-refractivity contribution >= 4 is 11.6 Å². The van der Waals surface area contributed by atoms with E-state index in [-0.39, 0.29) is 0 Å². The fraction of sp³-hybridized carbons (Fsp3) is 0.571. The minimum atomic E-state index is 0.382. The molecule has 0 bridgehead atoms. The minimum absolute atomic E-state index is 0.382. The van der Waals surface area contributed by atoms with Gasteiger partial charge in [-0.3, -0.25) is 0 Å². The highest BCUT2D eigenvalue weighted by Gasteiger charge is 2.19. The Kier molecular flexibility index (Phi) is 7.39. The van der Waals surface area contributed by atoms with Crippen LogP contribution in [0.1, 0.15) is 51.8 Å². The van der Waals surface area contributed by atoms with E-state index in [0.29, 0.717) is 11.9 Å². The van der Waals surface area contributed by atoms with Crippen LogP contribution < -0.4 is 15.0 Å². The number of ether oxygens (including phenoxy) is 1. The Morgan fingerprint density at radius 1 is 1.07 bits per heavy atom. The van der Waals surface area contributed by atoms with E-state index in [1.807, 2.05) is 25.2 Å². The van der Waals surface area contributed by atoms with Gasteiger partial charge in [-0.1, -0.05) is 27.7 Å². The average Bonchev–Trinajstić information content (AvgIpc) is 2.70. The highest BCUT2D eigenvalue weighted by Crippen LogP contribution is 2.33. The standard InChI is InChI=1S/C21H33N5O/c1-8-14-12-18(26(5)6)22-13-16(14)19-21(27-7)25-20(17(11-4)24-19)23-15(9-2)10-3/h12-13,15H,8-11H2,1-7H3,(H,23,25). The van der Waals surface area contributed by atoms with E-state index >= 15 is 0 Å². The van der Waals surface area contributed by atoms with Crippen molar-refractivity contribution in [1.29, 1.82) is 0 Å². The van der Waals surface area contributed by atoms with Gasteiger partial charge in [0.2, 0.25) is 5.88 Å². The number of methoxy groups -OCH3 is 1. The van der Waals surface area contributed by atoms with Crippen molar-refractivity contribution in [2.24, 2.45) is 0 Å². The normalized spacial score (nSPS) is 11.0. The van der Waals surface area contributed by atoms with Gasteiger partial charge in [0.15, 0.2) is 5.82 Å². The predicted octanol–water partition coefficient (Wildman–Crippen LogP) is 4.34. The Bertz CT molecular complexity index is 756. The summed E-state index contributed by atoms with van der Waals surface area (Å²) in [7, 11) is 5.64. The van der Waals surface area contributed by atoms with Crippen molar-refractivity contribution in [2.75, 3.05) is 31.4 Å². The molecule has 2 aromatic rings. The highest BCUT2D eigenvalue weighted by molar-refractivity contribution is 5.70. The molecule has 0 aliphatic carbocycles. The Balaban J connectivity index is 2.57. The van der Waals surface area contributed by atoms with E-state index in [4.69, 9.17) is 14.7 Å². The maximum absolute atomic E-state index is 5.61. The maximum Gasteiger partial charge on any atom is 0.242 e. The van der Waals surface area contributed by atoms with Crippen LogP contribution in [-0.4, -0.2) is 42.2 Å². The second-order valence-electron chi connectivity index (χ2n) is 6.84. The number of aromatic nitrogens is 3. The third-order valence-corrected chi connectivity index (χ3v) is 4.86. The van der Waals surface area contributed by atoms with Gasteiger partial charge in [-0.2, -0.15) is 4.98 Å². The number of pyridine rings is 1. The van der Waals surface area contributed by atoms with Crippen LogP contribution in [0.15, 0.2) is 12.3 Å². The van der Waals surface area contributed by atoms with Gasteiger partial charge in [0.05, 0.1) is 12.8 Å². The molecule has 0 radical (unpaired) electrons. The minimum Gasteiger partial charge on any atom is -0.479 e. The molecular formula is C21H33N5O. The number of hydrogen-bond acceptors (Lipinski definition) is 6. The van der Waals surface area contributed by atoms with Crippen molar-refractivity contribution in [3.63, 3.8) is 0 Å². The lowest BCUT2D eigenvalue weighted by Gasteiger charge is -2.20. The molecule has 0 spiro atoms. The summed E-state index contributed by atoms with van der Waals surface area (Å²) < 4.78 is 5.61. The molecule has 0 fully saturated rings. The van der Waals surface area contributed by atoms with Crippen LogP contribution in [0.4, 0.5) is 11.6 Å². The smallest absolute Gasteiger partial charge is 0.242 e. The fourth-order valence-electron chi connectivity index (χ4n) is 3.06. The maximum atomic E-state index is 5.61. The molecule has 0 aliphatic rings. The van der Waals surface area contributed by atoms with Gasteiger partial charge in [0.25, 0.3) is 0 Å². The summed E-state index contributed by atoms with van der Waals surface area (Å²) >= 11 is 0. The first-order valence-electron chi connectivity index (χ1n) is 9.86. The molecule has 0 saturated carbocycles. The van der Waals surface area contributed by atoms with Crippen LogP contribution in [0, 0.1) is 0 Å². The molecule has 0 atom stereocenters. The third-order valence-electron chi connectivity index (χ3n) is 4.86. The Morgan fingerprint density at radius 3 is 2.30 bits per heavy atom. The third kappa shape index (κ3) is 4.67. The largest absolute Gasteiger partial charge is 0.479 e. The number of anilines is 2. The molecular weight excluding hydrogens is 338 g/mol. The SMILES string of the molecule is CCc1cc(N(C)C)ncc1-c1nc(CC)c(NC(CC)CC)nc1OC. The zero-order valence-corrected chi connectivity index (χ0v) is 17.8. The lowest BCUT2D eigenvalue weighted by Crippen LogP contribution is -2.20. The van der Waals surface area contributed by atoms with Crippen molar-refractivity contribution in [3.05, 3.63) is 23.5 Å². The van der Waals surface area contributed by atoms with Gasteiger partial charge < -0.3 is 15.0 Å². The monoisotopic (exact) mass is 371 g/mol. The van der Waals surface area contributed by atoms with Crippen molar-refractivity contribution < 1.29 is 4.74 Å². The molecule has 6 nitrogen and oxygen atoms in total. The molecule has 0 aliphatic heterocycles. The van der Waals surface area contributed by atoms with E-state index in [0.717, 1.165) is 54.3 Å². The summed E-state index contributed by atoms with van der Waals surface area (Å²) in [5.41, 5.74) is 3.89.